The van der Waals surface area contributed by atoms with Crippen LogP contribution in [0.15, 0.2) is 42.5 Å². The van der Waals surface area contributed by atoms with Gasteiger partial charge in [-0.3, -0.25) is 14.4 Å². The molecule has 7 heteroatoms. The first-order valence-electron chi connectivity index (χ1n) is 8.79. The van der Waals surface area contributed by atoms with Gasteiger partial charge in [0.1, 0.15) is 5.25 Å². The molecule has 1 saturated heterocycles. The molecule has 2 amide bonds. The molecule has 27 heavy (non-hydrogen) atoms. The molecule has 0 aromatic heterocycles. The number of hydrogen-bond donors (Lipinski definition) is 1. The summed E-state index contributed by atoms with van der Waals surface area (Å²) in [6.07, 6.45) is 0.218. The van der Waals surface area contributed by atoms with Crippen LogP contribution >= 0.6 is 11.8 Å². The van der Waals surface area contributed by atoms with E-state index in [0.29, 0.717) is 18.8 Å². The van der Waals surface area contributed by atoms with Crippen molar-refractivity contribution in [3.63, 3.8) is 0 Å². The van der Waals surface area contributed by atoms with Crippen molar-refractivity contribution in [2.75, 3.05) is 32.5 Å². The fourth-order valence-corrected chi connectivity index (χ4v) is 4.25. The van der Waals surface area contributed by atoms with Crippen LogP contribution in [0.2, 0.25) is 0 Å². The van der Waals surface area contributed by atoms with E-state index in [9.17, 15) is 14.4 Å². The van der Waals surface area contributed by atoms with Gasteiger partial charge in [0, 0.05) is 18.8 Å². The van der Waals surface area contributed by atoms with Gasteiger partial charge in [-0.2, -0.15) is 0 Å². The summed E-state index contributed by atoms with van der Waals surface area (Å²) in [6.45, 7) is 0.813. The molecule has 2 aromatic carbocycles. The Morgan fingerprint density at radius 3 is 2.78 bits per heavy atom. The van der Waals surface area contributed by atoms with Gasteiger partial charge in [-0.1, -0.05) is 42.5 Å². The maximum absolute atomic E-state index is 12.4. The molecule has 1 aliphatic rings. The molecule has 0 spiro atoms. The van der Waals surface area contributed by atoms with E-state index in [-0.39, 0.29) is 36.0 Å². The minimum absolute atomic E-state index is 0.0673. The van der Waals surface area contributed by atoms with Crippen LogP contribution in [0, 0.1) is 0 Å². The Morgan fingerprint density at radius 2 is 1.96 bits per heavy atom. The fraction of sp³-hybridized carbons (Fsp3) is 0.350. The number of hydrogen-bond acceptors (Lipinski definition) is 5. The largest absolute Gasteiger partial charge is 0.468 e. The number of rotatable bonds is 5. The topological polar surface area (TPSA) is 75.7 Å². The van der Waals surface area contributed by atoms with Gasteiger partial charge in [0.2, 0.25) is 11.8 Å². The summed E-state index contributed by atoms with van der Waals surface area (Å²) in [6, 6.07) is 13.8. The quantitative estimate of drug-likeness (QED) is 0.791. The van der Waals surface area contributed by atoms with Gasteiger partial charge < -0.3 is 15.0 Å². The van der Waals surface area contributed by atoms with E-state index in [1.54, 1.807) is 4.90 Å². The average molecular weight is 386 g/mol. The zero-order chi connectivity index (χ0) is 19.2. The lowest BCUT2D eigenvalue weighted by molar-refractivity contribution is -0.141. The molecule has 2 aromatic rings. The van der Waals surface area contributed by atoms with E-state index >= 15 is 0 Å². The minimum atomic E-state index is -0.362. The second kappa shape index (κ2) is 8.90. The van der Waals surface area contributed by atoms with Gasteiger partial charge in [0.25, 0.3) is 0 Å². The summed E-state index contributed by atoms with van der Waals surface area (Å²) >= 11 is 1.49. The molecule has 1 fully saturated rings. The van der Waals surface area contributed by atoms with Gasteiger partial charge in [-0.05, 0) is 16.3 Å². The highest BCUT2D eigenvalue weighted by atomic mass is 32.2. The van der Waals surface area contributed by atoms with Gasteiger partial charge in [-0.25, -0.2) is 0 Å². The molecule has 6 nitrogen and oxygen atoms in total. The summed E-state index contributed by atoms with van der Waals surface area (Å²) in [5, 5.41) is 4.46. The Hall–Kier alpha value is -2.54. The van der Waals surface area contributed by atoms with Crippen LogP contribution in [0.25, 0.3) is 10.8 Å². The molecular formula is C20H22N2O4S. The number of carbonyl (C=O) groups is 3. The summed E-state index contributed by atoms with van der Waals surface area (Å²) in [5.41, 5.74) is 0.929. The third-order valence-corrected chi connectivity index (χ3v) is 5.71. The number of carbonyl (C=O) groups excluding carboxylic acids is 3. The predicted molar refractivity (Wildman–Crippen MR) is 106 cm³/mol. The van der Waals surface area contributed by atoms with Crippen molar-refractivity contribution < 1.29 is 19.1 Å². The zero-order valence-electron chi connectivity index (χ0n) is 15.1. The molecule has 0 radical (unpaired) electrons. The third-order valence-electron chi connectivity index (χ3n) is 4.55. The van der Waals surface area contributed by atoms with Gasteiger partial charge in [0.15, 0.2) is 0 Å². The molecule has 0 aliphatic carbocycles. The molecule has 1 atom stereocenters. The summed E-state index contributed by atoms with van der Waals surface area (Å²) in [5.74, 6) is -0.0290. The van der Waals surface area contributed by atoms with Crippen LogP contribution in [0.1, 0.15) is 5.56 Å². The van der Waals surface area contributed by atoms with Crippen molar-refractivity contribution in [2.45, 2.75) is 11.7 Å². The first kappa shape index (κ1) is 19.2. The highest BCUT2D eigenvalue weighted by molar-refractivity contribution is 8.00. The second-order valence-corrected chi connectivity index (χ2v) is 7.62. The number of esters is 1. The lowest BCUT2D eigenvalue weighted by Gasteiger charge is -2.31. The lowest BCUT2D eigenvalue weighted by atomic mass is 10.0. The van der Waals surface area contributed by atoms with Gasteiger partial charge in [0.05, 0.1) is 20.1 Å². The number of nitrogens with zero attached hydrogens (tertiary/aromatic N) is 1. The van der Waals surface area contributed by atoms with E-state index in [0.717, 1.165) is 16.3 Å². The van der Waals surface area contributed by atoms with Crippen LogP contribution in [0.3, 0.4) is 0 Å². The number of benzene rings is 2. The highest BCUT2D eigenvalue weighted by Crippen LogP contribution is 2.20. The van der Waals surface area contributed by atoms with Gasteiger partial charge >= 0.3 is 5.97 Å². The summed E-state index contributed by atoms with van der Waals surface area (Å²) in [7, 11) is 1.34. The second-order valence-electron chi connectivity index (χ2n) is 6.31. The fourth-order valence-electron chi connectivity index (χ4n) is 3.12. The molecule has 0 unspecified atom stereocenters. The molecular weight excluding hydrogens is 364 g/mol. The number of thioether (sulfide) groups is 1. The van der Waals surface area contributed by atoms with Gasteiger partial charge in [-0.15, -0.1) is 11.8 Å². The molecule has 1 heterocycles. The Labute approximate surface area is 162 Å². The Bertz CT molecular complexity index is 849. The first-order valence-corrected chi connectivity index (χ1v) is 9.84. The number of methoxy groups -OCH3 is 1. The Balaban J connectivity index is 1.54. The monoisotopic (exact) mass is 386 g/mol. The molecule has 3 rings (SSSR count). The van der Waals surface area contributed by atoms with Crippen LogP contribution in [0.4, 0.5) is 0 Å². The lowest BCUT2D eigenvalue weighted by Crippen LogP contribution is -2.48. The summed E-state index contributed by atoms with van der Waals surface area (Å²) < 4.78 is 4.75. The normalized spacial score (nSPS) is 16.8. The SMILES string of the molecule is COC(=O)[C@H]1CN(C(=O)CNC(=O)Cc2cccc3ccccc23)CCS1. The standard InChI is InChI=1S/C20H22N2O4S/c1-26-20(25)17-13-22(9-10-27-17)19(24)12-21-18(23)11-15-7-4-6-14-5-2-3-8-16(14)15/h2-8,17H,9-13H2,1H3,(H,21,23)/t17-/m1/s1. The Kier molecular flexibility index (Phi) is 6.34. The van der Waals surface area contributed by atoms with Crippen LogP contribution in [-0.4, -0.2) is 60.4 Å². The van der Waals surface area contributed by atoms with Crippen molar-refractivity contribution in [3.05, 3.63) is 48.0 Å². The zero-order valence-corrected chi connectivity index (χ0v) is 16.0. The smallest absolute Gasteiger partial charge is 0.320 e. The molecule has 1 aliphatic heterocycles. The molecule has 0 bridgehead atoms. The Morgan fingerprint density at radius 1 is 1.19 bits per heavy atom. The van der Waals surface area contributed by atoms with E-state index in [1.165, 1.54) is 18.9 Å². The number of nitrogens with one attached hydrogen (secondary N) is 1. The highest BCUT2D eigenvalue weighted by Gasteiger charge is 2.29. The number of ether oxygens (including phenoxy) is 1. The van der Waals surface area contributed by atoms with E-state index in [4.69, 9.17) is 4.74 Å². The van der Waals surface area contributed by atoms with Crippen molar-refractivity contribution in [1.29, 1.82) is 0 Å². The van der Waals surface area contributed by atoms with E-state index < -0.39 is 0 Å². The van der Waals surface area contributed by atoms with Crippen LogP contribution in [0.5, 0.6) is 0 Å². The maximum atomic E-state index is 12.4. The predicted octanol–water partition coefficient (Wildman–Crippen LogP) is 1.62. The van der Waals surface area contributed by atoms with Crippen molar-refractivity contribution in [3.8, 4) is 0 Å². The molecule has 0 saturated carbocycles. The van der Waals surface area contributed by atoms with E-state index in [2.05, 4.69) is 5.32 Å². The molecule has 142 valence electrons. The minimum Gasteiger partial charge on any atom is -0.468 e. The number of fused-ring (bicyclic) bond motifs is 1. The van der Waals surface area contributed by atoms with Crippen LogP contribution < -0.4 is 5.32 Å². The third kappa shape index (κ3) is 4.80. The molecule has 1 N–H and O–H groups in total. The van der Waals surface area contributed by atoms with E-state index in [1.807, 2.05) is 42.5 Å². The van der Waals surface area contributed by atoms with Crippen molar-refractivity contribution in [2.24, 2.45) is 0 Å². The maximum Gasteiger partial charge on any atom is 0.320 e. The van der Waals surface area contributed by atoms with Crippen molar-refractivity contribution >= 4 is 40.3 Å². The first-order chi connectivity index (χ1) is 13.1. The summed E-state index contributed by atoms with van der Waals surface area (Å²) in [4.78, 5) is 37.9. The van der Waals surface area contributed by atoms with Crippen molar-refractivity contribution in [1.82, 2.24) is 10.2 Å². The number of amides is 2. The van der Waals surface area contributed by atoms with Crippen LogP contribution in [-0.2, 0) is 25.5 Å². The average Bonchev–Trinajstić information content (AvgIpc) is 2.71.